The molecule has 1 unspecified atom stereocenters. The number of nitrogens with zero attached hydrogens (tertiary/aromatic N) is 1. The van der Waals surface area contributed by atoms with Gasteiger partial charge in [-0.2, -0.15) is 0 Å². The molecule has 0 radical (unpaired) electrons. The number of likely N-dealkylation sites (tertiary alicyclic amines) is 1. The van der Waals surface area contributed by atoms with E-state index in [0.29, 0.717) is 17.4 Å². The Morgan fingerprint density at radius 3 is 2.77 bits per heavy atom. The topological polar surface area (TPSA) is 82.3 Å². The summed E-state index contributed by atoms with van der Waals surface area (Å²) in [4.78, 5) is 16.5. The maximum atomic E-state index is 11.6. The summed E-state index contributed by atoms with van der Waals surface area (Å²) < 4.78 is 0. The number of fused-ring (bicyclic) bond motifs is 1. The smallest absolute Gasteiger partial charge is 0.245 e. The van der Waals surface area contributed by atoms with Crippen LogP contribution in [0.5, 0.6) is 0 Å². The Labute approximate surface area is 129 Å². The van der Waals surface area contributed by atoms with Gasteiger partial charge in [-0.1, -0.05) is 25.6 Å². The zero-order valence-electron chi connectivity index (χ0n) is 12.6. The molecular formula is C17H21N3O2. The molecule has 116 valence electrons. The summed E-state index contributed by atoms with van der Waals surface area (Å²) in [7, 11) is 0. The van der Waals surface area contributed by atoms with Crippen molar-refractivity contribution in [2.75, 3.05) is 13.1 Å². The third kappa shape index (κ3) is 2.32. The average Bonchev–Trinajstić information content (AvgIpc) is 2.93. The molecule has 4 N–H and O–H groups in total. The summed E-state index contributed by atoms with van der Waals surface area (Å²) >= 11 is 0. The number of aromatic amines is 1. The van der Waals surface area contributed by atoms with Gasteiger partial charge in [0, 0.05) is 36.2 Å². The zero-order valence-corrected chi connectivity index (χ0v) is 12.6. The number of rotatable bonds is 4. The molecular weight excluding hydrogens is 278 g/mol. The number of nitrogens with one attached hydrogen (secondary N) is 1. The van der Waals surface area contributed by atoms with Crippen molar-refractivity contribution in [3.8, 4) is 0 Å². The molecule has 0 aliphatic carbocycles. The highest BCUT2D eigenvalue weighted by Gasteiger charge is 2.34. The van der Waals surface area contributed by atoms with Gasteiger partial charge in [-0.3, -0.25) is 4.79 Å². The first-order valence-corrected chi connectivity index (χ1v) is 7.47. The van der Waals surface area contributed by atoms with Gasteiger partial charge in [0.05, 0.1) is 5.52 Å². The maximum absolute atomic E-state index is 11.6. The molecule has 22 heavy (non-hydrogen) atoms. The summed E-state index contributed by atoms with van der Waals surface area (Å²) in [6.07, 6.45) is 2.24. The highest BCUT2D eigenvalue weighted by atomic mass is 16.3. The Morgan fingerprint density at radius 1 is 1.45 bits per heavy atom. The van der Waals surface area contributed by atoms with E-state index in [1.54, 1.807) is 4.90 Å². The molecule has 1 saturated heterocycles. The fraction of sp³-hybridized carbons (Fsp3) is 0.353. The molecule has 5 heteroatoms. The molecule has 1 aromatic carbocycles. The SMILES string of the molecule is C=CC(=O)N1CC([C@@H](C)c2ccc(C(N)O)c3[nH]ccc23)C1. The number of carbonyl (C=O) groups excluding carboxylic acids is 1. The standard InChI is InChI=1S/C17H21N3O2/c1-3-15(21)20-8-11(9-20)10(2)12-4-5-14(17(18)22)16-13(12)6-7-19-16/h3-7,10-11,17,19,22H,1,8-9,18H2,2H3/t10-,17?/m1/s1. The summed E-state index contributed by atoms with van der Waals surface area (Å²) in [5, 5.41) is 10.7. The number of benzene rings is 1. The second kappa shape index (κ2) is 5.59. The van der Waals surface area contributed by atoms with E-state index >= 15 is 0 Å². The van der Waals surface area contributed by atoms with Crippen LogP contribution in [0.25, 0.3) is 10.9 Å². The van der Waals surface area contributed by atoms with Gasteiger partial charge in [-0.25, -0.2) is 0 Å². The first-order valence-electron chi connectivity index (χ1n) is 7.47. The summed E-state index contributed by atoms with van der Waals surface area (Å²) in [5.74, 6) is 0.767. The molecule has 3 rings (SSSR count). The van der Waals surface area contributed by atoms with Gasteiger partial charge >= 0.3 is 0 Å². The molecule has 1 aromatic heterocycles. The molecule has 2 aromatic rings. The van der Waals surface area contributed by atoms with E-state index in [0.717, 1.165) is 24.0 Å². The number of hydrogen-bond donors (Lipinski definition) is 3. The predicted octanol–water partition coefficient (Wildman–Crippen LogP) is 1.87. The van der Waals surface area contributed by atoms with Gasteiger partial charge < -0.3 is 20.7 Å². The van der Waals surface area contributed by atoms with Crippen molar-refractivity contribution in [2.24, 2.45) is 11.7 Å². The largest absolute Gasteiger partial charge is 0.374 e. The van der Waals surface area contributed by atoms with Crippen molar-refractivity contribution in [1.82, 2.24) is 9.88 Å². The van der Waals surface area contributed by atoms with Crippen LogP contribution in [-0.4, -0.2) is 34.0 Å². The predicted molar refractivity (Wildman–Crippen MR) is 86.1 cm³/mol. The van der Waals surface area contributed by atoms with Gasteiger partial charge in [0.15, 0.2) is 0 Å². The lowest BCUT2D eigenvalue weighted by Crippen LogP contribution is -2.51. The quantitative estimate of drug-likeness (QED) is 0.595. The molecule has 2 atom stereocenters. The number of aliphatic hydroxyl groups is 1. The molecule has 0 spiro atoms. The Kier molecular flexibility index (Phi) is 3.76. The Hall–Kier alpha value is -2.11. The van der Waals surface area contributed by atoms with Crippen molar-refractivity contribution in [3.05, 3.63) is 48.2 Å². The van der Waals surface area contributed by atoms with E-state index in [2.05, 4.69) is 18.5 Å². The number of amides is 1. The Bertz CT molecular complexity index is 714. The molecule has 1 aliphatic heterocycles. The van der Waals surface area contributed by atoms with Gasteiger partial charge in [0.2, 0.25) is 5.91 Å². The fourth-order valence-electron chi connectivity index (χ4n) is 3.24. The number of nitrogens with two attached hydrogens (primary N) is 1. The Morgan fingerprint density at radius 2 is 2.14 bits per heavy atom. The van der Waals surface area contributed by atoms with E-state index in [1.807, 2.05) is 24.4 Å². The first kappa shape index (κ1) is 14.8. The van der Waals surface area contributed by atoms with Crippen LogP contribution in [0.1, 0.15) is 30.2 Å². The third-order valence-electron chi connectivity index (χ3n) is 4.70. The summed E-state index contributed by atoms with van der Waals surface area (Å²) in [6.45, 7) is 7.23. The zero-order chi connectivity index (χ0) is 15.9. The van der Waals surface area contributed by atoms with E-state index in [9.17, 15) is 9.90 Å². The molecule has 0 bridgehead atoms. The lowest BCUT2D eigenvalue weighted by Gasteiger charge is -2.42. The van der Waals surface area contributed by atoms with Crippen LogP contribution in [0, 0.1) is 5.92 Å². The average molecular weight is 299 g/mol. The molecule has 1 amide bonds. The van der Waals surface area contributed by atoms with Gasteiger partial charge in [0.25, 0.3) is 0 Å². The van der Waals surface area contributed by atoms with Crippen LogP contribution in [-0.2, 0) is 4.79 Å². The third-order valence-corrected chi connectivity index (χ3v) is 4.70. The highest BCUT2D eigenvalue weighted by molar-refractivity contribution is 5.88. The minimum Gasteiger partial charge on any atom is -0.374 e. The monoisotopic (exact) mass is 299 g/mol. The molecule has 5 nitrogen and oxygen atoms in total. The fourth-order valence-corrected chi connectivity index (χ4v) is 3.24. The normalized spacial score (nSPS) is 18.0. The van der Waals surface area contributed by atoms with E-state index in [-0.39, 0.29) is 5.91 Å². The van der Waals surface area contributed by atoms with Crippen LogP contribution in [0.4, 0.5) is 0 Å². The van der Waals surface area contributed by atoms with Crippen LogP contribution >= 0.6 is 0 Å². The number of aliphatic hydroxyl groups excluding tert-OH is 1. The van der Waals surface area contributed by atoms with Crippen LogP contribution in [0.3, 0.4) is 0 Å². The summed E-state index contributed by atoms with van der Waals surface area (Å²) in [5.41, 5.74) is 8.42. The van der Waals surface area contributed by atoms with Crippen molar-refractivity contribution in [3.63, 3.8) is 0 Å². The molecule has 0 saturated carbocycles. The van der Waals surface area contributed by atoms with E-state index in [1.165, 1.54) is 11.6 Å². The second-order valence-electron chi connectivity index (χ2n) is 5.95. The number of aromatic nitrogens is 1. The van der Waals surface area contributed by atoms with E-state index < -0.39 is 6.23 Å². The minimum absolute atomic E-state index is 0.00292. The van der Waals surface area contributed by atoms with Gasteiger partial charge in [-0.15, -0.1) is 0 Å². The minimum atomic E-state index is -0.991. The van der Waals surface area contributed by atoms with Gasteiger partial charge in [-0.05, 0) is 23.6 Å². The molecule has 1 aliphatic rings. The second-order valence-corrected chi connectivity index (χ2v) is 5.95. The van der Waals surface area contributed by atoms with Crippen molar-refractivity contribution in [1.29, 1.82) is 0 Å². The highest BCUT2D eigenvalue weighted by Crippen LogP contribution is 2.36. The van der Waals surface area contributed by atoms with Crippen molar-refractivity contribution < 1.29 is 9.90 Å². The number of hydrogen-bond acceptors (Lipinski definition) is 3. The van der Waals surface area contributed by atoms with E-state index in [4.69, 9.17) is 5.73 Å². The van der Waals surface area contributed by atoms with Crippen LogP contribution in [0.15, 0.2) is 37.1 Å². The number of H-pyrrole nitrogens is 1. The number of carbonyl (C=O) groups is 1. The molecule has 1 fully saturated rings. The van der Waals surface area contributed by atoms with Crippen LogP contribution in [0.2, 0.25) is 0 Å². The lowest BCUT2D eigenvalue weighted by atomic mass is 9.80. The Balaban J connectivity index is 1.85. The first-order chi connectivity index (χ1) is 10.5. The lowest BCUT2D eigenvalue weighted by molar-refractivity contribution is -0.132. The van der Waals surface area contributed by atoms with Crippen LogP contribution < -0.4 is 5.73 Å². The summed E-state index contributed by atoms with van der Waals surface area (Å²) in [6, 6.07) is 5.92. The molecule has 2 heterocycles. The van der Waals surface area contributed by atoms with Crippen molar-refractivity contribution >= 4 is 16.8 Å². The van der Waals surface area contributed by atoms with Crippen molar-refractivity contribution in [2.45, 2.75) is 19.1 Å². The maximum Gasteiger partial charge on any atom is 0.245 e. The van der Waals surface area contributed by atoms with Gasteiger partial charge in [0.1, 0.15) is 6.23 Å².